The number of ether oxygens (including phenoxy) is 2. The van der Waals surface area contributed by atoms with Gasteiger partial charge in [-0.2, -0.15) is 4.31 Å². The lowest BCUT2D eigenvalue weighted by atomic mass is 10.3. The van der Waals surface area contributed by atoms with Crippen LogP contribution in [0.25, 0.3) is 0 Å². The number of morpholine rings is 1. The highest BCUT2D eigenvalue weighted by Gasteiger charge is 2.28. The molecule has 0 radical (unpaired) electrons. The van der Waals surface area contributed by atoms with Crippen LogP contribution < -0.4 is 10.1 Å². The van der Waals surface area contributed by atoms with E-state index in [4.69, 9.17) is 21.1 Å². The zero-order valence-corrected chi connectivity index (χ0v) is 16.6. The van der Waals surface area contributed by atoms with Crippen LogP contribution in [-0.4, -0.2) is 51.5 Å². The van der Waals surface area contributed by atoms with Crippen LogP contribution in [0.2, 0.25) is 5.02 Å². The smallest absolute Gasteiger partial charge is 0.262 e. The van der Waals surface area contributed by atoms with Crippen LogP contribution in [0.5, 0.6) is 5.75 Å². The summed E-state index contributed by atoms with van der Waals surface area (Å²) in [6, 6.07) is 6.93. The maximum Gasteiger partial charge on any atom is 0.262 e. The zero-order valence-electron chi connectivity index (χ0n) is 15.0. The minimum Gasteiger partial charge on any atom is -0.484 e. The van der Waals surface area contributed by atoms with Crippen molar-refractivity contribution < 1.29 is 31.5 Å². The van der Waals surface area contributed by atoms with E-state index in [0.29, 0.717) is 0 Å². The molecule has 0 saturated carbocycles. The first kappa shape index (κ1) is 21.4. The van der Waals surface area contributed by atoms with Crippen molar-refractivity contribution in [3.05, 3.63) is 53.1 Å². The quantitative estimate of drug-likeness (QED) is 0.737. The Bertz CT molecular complexity index is 1010. The summed E-state index contributed by atoms with van der Waals surface area (Å²) in [5, 5.41) is 2.50. The fraction of sp³-hybridized carbons (Fsp3) is 0.278. The molecule has 7 nitrogen and oxygen atoms in total. The van der Waals surface area contributed by atoms with Gasteiger partial charge in [0.05, 0.1) is 18.2 Å². The van der Waals surface area contributed by atoms with E-state index in [0.717, 1.165) is 12.1 Å². The average Bonchev–Trinajstić information content (AvgIpc) is 2.71. The van der Waals surface area contributed by atoms with Gasteiger partial charge in [0.15, 0.2) is 18.2 Å². The summed E-state index contributed by atoms with van der Waals surface area (Å²) in [6.07, 6.45) is 0. The highest BCUT2D eigenvalue weighted by atomic mass is 35.5. The molecule has 1 N–H and O–H groups in total. The van der Waals surface area contributed by atoms with E-state index >= 15 is 0 Å². The van der Waals surface area contributed by atoms with Gasteiger partial charge in [-0.25, -0.2) is 17.2 Å². The third-order valence-corrected chi connectivity index (χ3v) is 6.44. The van der Waals surface area contributed by atoms with Crippen LogP contribution in [0.1, 0.15) is 0 Å². The summed E-state index contributed by atoms with van der Waals surface area (Å²) in [6.45, 7) is 0.497. The van der Waals surface area contributed by atoms with Crippen molar-refractivity contribution in [3.8, 4) is 5.75 Å². The Hall–Kier alpha value is -2.27. The number of nitrogens with zero attached hydrogens (tertiary/aromatic N) is 1. The summed E-state index contributed by atoms with van der Waals surface area (Å²) in [5.41, 5.74) is 0.195. The largest absolute Gasteiger partial charge is 0.484 e. The van der Waals surface area contributed by atoms with Gasteiger partial charge in [0.1, 0.15) is 10.6 Å². The van der Waals surface area contributed by atoms with Gasteiger partial charge in [-0.1, -0.05) is 11.6 Å². The van der Waals surface area contributed by atoms with E-state index < -0.39 is 34.2 Å². The third-order valence-electron chi connectivity index (χ3n) is 4.06. The molecule has 3 rings (SSSR count). The molecule has 0 aromatic heterocycles. The number of benzene rings is 2. The van der Waals surface area contributed by atoms with Gasteiger partial charge in [-0.3, -0.25) is 4.79 Å². The molecule has 1 fully saturated rings. The summed E-state index contributed by atoms with van der Waals surface area (Å²) >= 11 is 6.06. The van der Waals surface area contributed by atoms with Crippen molar-refractivity contribution in [2.24, 2.45) is 0 Å². The van der Waals surface area contributed by atoms with Crippen LogP contribution in [0.15, 0.2) is 41.3 Å². The summed E-state index contributed by atoms with van der Waals surface area (Å²) in [7, 11) is -3.85. The Morgan fingerprint density at radius 2 is 1.86 bits per heavy atom. The molecule has 29 heavy (non-hydrogen) atoms. The summed E-state index contributed by atoms with van der Waals surface area (Å²) < 4.78 is 63.2. The Morgan fingerprint density at radius 3 is 2.55 bits per heavy atom. The highest BCUT2D eigenvalue weighted by Crippen LogP contribution is 2.28. The monoisotopic (exact) mass is 446 g/mol. The number of sulfonamides is 1. The normalized spacial score (nSPS) is 15.1. The lowest BCUT2D eigenvalue weighted by Gasteiger charge is -2.26. The topological polar surface area (TPSA) is 84.9 Å². The SMILES string of the molecule is O=C(COc1ccc(F)c(F)c1)Nc1ccc(Cl)c(S(=O)(=O)N2CCOCC2)c1. The predicted octanol–water partition coefficient (Wildman–Crippen LogP) is 2.66. The van der Waals surface area contributed by atoms with Crippen molar-refractivity contribution in [2.75, 3.05) is 38.2 Å². The van der Waals surface area contributed by atoms with Crippen LogP contribution >= 0.6 is 11.6 Å². The first-order valence-electron chi connectivity index (χ1n) is 8.52. The molecule has 1 amide bonds. The van der Waals surface area contributed by atoms with Crippen LogP contribution in [0.4, 0.5) is 14.5 Å². The fourth-order valence-corrected chi connectivity index (χ4v) is 4.53. The molecule has 156 valence electrons. The number of carbonyl (C=O) groups excluding carboxylic acids is 1. The van der Waals surface area contributed by atoms with Gasteiger partial charge >= 0.3 is 0 Å². The molecule has 2 aromatic carbocycles. The number of rotatable bonds is 6. The molecule has 0 bridgehead atoms. The van der Waals surface area contributed by atoms with Crippen molar-refractivity contribution >= 4 is 33.2 Å². The molecule has 1 aliphatic heterocycles. The van der Waals surface area contributed by atoms with Crippen molar-refractivity contribution in [1.82, 2.24) is 4.31 Å². The van der Waals surface area contributed by atoms with Gasteiger partial charge in [0.2, 0.25) is 10.0 Å². The second kappa shape index (κ2) is 9.04. The summed E-state index contributed by atoms with van der Waals surface area (Å²) in [4.78, 5) is 11.9. The van der Waals surface area contributed by atoms with Crippen LogP contribution in [-0.2, 0) is 19.6 Å². The molecular formula is C18H17ClF2N2O5S. The molecule has 2 aromatic rings. The predicted molar refractivity (Wildman–Crippen MR) is 102 cm³/mol. The van der Waals surface area contributed by atoms with Gasteiger partial charge in [-0.15, -0.1) is 0 Å². The van der Waals surface area contributed by atoms with Gasteiger partial charge in [0.25, 0.3) is 5.91 Å². The van der Waals surface area contributed by atoms with E-state index in [-0.39, 0.29) is 47.7 Å². The molecule has 1 aliphatic rings. The fourth-order valence-electron chi connectivity index (χ4n) is 2.62. The molecule has 0 unspecified atom stereocenters. The third kappa shape index (κ3) is 5.21. The number of amides is 1. The van der Waals surface area contributed by atoms with Gasteiger partial charge < -0.3 is 14.8 Å². The zero-order chi connectivity index (χ0) is 21.0. The van der Waals surface area contributed by atoms with E-state index in [1.54, 1.807) is 0 Å². The first-order valence-corrected chi connectivity index (χ1v) is 10.3. The highest BCUT2D eigenvalue weighted by molar-refractivity contribution is 7.89. The lowest BCUT2D eigenvalue weighted by Crippen LogP contribution is -2.40. The van der Waals surface area contributed by atoms with Crippen LogP contribution in [0, 0.1) is 11.6 Å². The summed E-state index contributed by atoms with van der Waals surface area (Å²) in [5.74, 6) is -2.77. The maximum atomic E-state index is 13.2. The van der Waals surface area contributed by atoms with Crippen LogP contribution in [0.3, 0.4) is 0 Å². The van der Waals surface area contributed by atoms with E-state index in [1.165, 1.54) is 28.6 Å². The number of nitrogens with one attached hydrogen (secondary N) is 1. The second-order valence-electron chi connectivity index (χ2n) is 6.07. The number of carbonyl (C=O) groups is 1. The Morgan fingerprint density at radius 1 is 1.14 bits per heavy atom. The van der Waals surface area contributed by atoms with Crippen molar-refractivity contribution in [2.45, 2.75) is 4.90 Å². The molecular weight excluding hydrogens is 430 g/mol. The molecule has 0 aliphatic carbocycles. The molecule has 1 saturated heterocycles. The molecule has 0 spiro atoms. The van der Waals surface area contributed by atoms with Gasteiger partial charge in [0, 0.05) is 24.8 Å². The van der Waals surface area contributed by atoms with E-state index in [9.17, 15) is 22.0 Å². The van der Waals surface area contributed by atoms with Crippen molar-refractivity contribution in [1.29, 1.82) is 0 Å². The van der Waals surface area contributed by atoms with E-state index in [1.807, 2.05) is 0 Å². The van der Waals surface area contributed by atoms with Gasteiger partial charge in [-0.05, 0) is 30.3 Å². The van der Waals surface area contributed by atoms with Crippen molar-refractivity contribution in [3.63, 3.8) is 0 Å². The molecule has 11 heteroatoms. The molecule has 0 atom stereocenters. The number of hydrogen-bond acceptors (Lipinski definition) is 5. The lowest BCUT2D eigenvalue weighted by molar-refractivity contribution is -0.118. The Kier molecular flexibility index (Phi) is 6.68. The Balaban J connectivity index is 1.68. The van der Waals surface area contributed by atoms with E-state index in [2.05, 4.69) is 5.32 Å². The number of anilines is 1. The maximum absolute atomic E-state index is 13.2. The number of halogens is 3. The number of hydrogen-bond donors (Lipinski definition) is 1. The standard InChI is InChI=1S/C18H17ClF2N2O5S/c19-14-3-1-12(9-17(14)29(25,26)23-5-7-27-8-6-23)22-18(24)11-28-13-2-4-15(20)16(21)10-13/h1-4,9-10H,5-8,11H2,(H,22,24). The Labute approximate surface area is 171 Å². The minimum atomic E-state index is -3.85. The molecule has 1 heterocycles. The first-order chi connectivity index (χ1) is 13.8. The second-order valence-corrected chi connectivity index (χ2v) is 8.39. The average molecular weight is 447 g/mol. The minimum absolute atomic E-state index is 0.0209.